The van der Waals surface area contributed by atoms with E-state index in [2.05, 4.69) is 0 Å². The first-order valence-electron chi connectivity index (χ1n) is 9.91. The Bertz CT molecular complexity index is 753. The summed E-state index contributed by atoms with van der Waals surface area (Å²) in [6.07, 6.45) is -4.36. The van der Waals surface area contributed by atoms with Crippen molar-refractivity contribution in [2.75, 3.05) is 36.8 Å². The number of hydrogen-bond acceptors (Lipinski definition) is 3. The fourth-order valence-corrected chi connectivity index (χ4v) is 2.85. The Morgan fingerprint density at radius 2 is 1.45 bits per heavy atom. The standard InChI is InChI=1S/C18H18F3N3O.2C2H6/c19-18(20,21)14-2-1-3-16(12-14)23-8-10-24(11-9-23)17(25)13-4-6-15(22)7-5-13;2*1-2/h1-7,12H,8-11,22H2;2*1-2H3. The Hall–Kier alpha value is -2.70. The first-order chi connectivity index (χ1) is 13.8. The lowest BCUT2D eigenvalue weighted by molar-refractivity contribution is -0.137. The predicted octanol–water partition coefficient (Wildman–Crippen LogP) is 5.30. The molecule has 2 aromatic carbocycles. The number of rotatable bonds is 2. The second kappa shape index (κ2) is 11.3. The van der Waals surface area contributed by atoms with Crippen molar-refractivity contribution < 1.29 is 18.0 Å². The third-order valence-corrected chi connectivity index (χ3v) is 4.26. The van der Waals surface area contributed by atoms with Crippen molar-refractivity contribution in [1.82, 2.24) is 4.90 Å². The SMILES string of the molecule is CC.CC.Nc1ccc(C(=O)N2CCN(c3cccc(C(F)(F)F)c3)CC2)cc1. The molecular weight excluding hydrogens is 379 g/mol. The average Bonchev–Trinajstić information content (AvgIpc) is 2.76. The van der Waals surface area contributed by atoms with Gasteiger partial charge in [0.1, 0.15) is 0 Å². The monoisotopic (exact) mass is 409 g/mol. The highest BCUT2D eigenvalue weighted by Gasteiger charge is 2.31. The molecule has 0 radical (unpaired) electrons. The van der Waals surface area contributed by atoms with Crippen molar-refractivity contribution in [2.24, 2.45) is 0 Å². The molecule has 29 heavy (non-hydrogen) atoms. The van der Waals surface area contributed by atoms with E-state index >= 15 is 0 Å². The average molecular weight is 409 g/mol. The molecule has 1 aliphatic heterocycles. The normalized spacial score (nSPS) is 13.6. The molecular formula is C22H30F3N3O. The molecule has 0 saturated carbocycles. The highest BCUT2D eigenvalue weighted by Crippen LogP contribution is 2.31. The summed E-state index contributed by atoms with van der Waals surface area (Å²) in [5, 5.41) is 0. The quantitative estimate of drug-likeness (QED) is 0.685. The van der Waals surface area contributed by atoms with Crippen LogP contribution in [-0.4, -0.2) is 37.0 Å². The number of nitrogen functional groups attached to an aromatic ring is 1. The largest absolute Gasteiger partial charge is 0.416 e. The number of halogens is 3. The number of amides is 1. The summed E-state index contributed by atoms with van der Waals surface area (Å²) in [7, 11) is 0. The van der Waals surface area contributed by atoms with E-state index in [-0.39, 0.29) is 5.91 Å². The smallest absolute Gasteiger partial charge is 0.399 e. The van der Waals surface area contributed by atoms with Gasteiger partial charge in [0.05, 0.1) is 5.56 Å². The number of anilines is 2. The molecule has 1 fully saturated rings. The highest BCUT2D eigenvalue weighted by atomic mass is 19.4. The van der Waals surface area contributed by atoms with Crippen LogP contribution in [0, 0.1) is 0 Å². The van der Waals surface area contributed by atoms with E-state index in [4.69, 9.17) is 5.73 Å². The maximum Gasteiger partial charge on any atom is 0.416 e. The van der Waals surface area contributed by atoms with E-state index in [0.717, 1.165) is 12.1 Å². The number of benzene rings is 2. The summed E-state index contributed by atoms with van der Waals surface area (Å²) in [5.74, 6) is -0.0938. The molecule has 160 valence electrons. The van der Waals surface area contributed by atoms with Crippen molar-refractivity contribution in [3.05, 3.63) is 59.7 Å². The molecule has 0 aliphatic carbocycles. The predicted molar refractivity (Wildman–Crippen MR) is 113 cm³/mol. The number of nitrogens with two attached hydrogens (primary N) is 1. The summed E-state index contributed by atoms with van der Waals surface area (Å²) < 4.78 is 38.5. The molecule has 0 spiro atoms. The van der Waals surface area contributed by atoms with Gasteiger partial charge in [-0.25, -0.2) is 0 Å². The van der Waals surface area contributed by atoms with Crippen LogP contribution >= 0.6 is 0 Å². The molecule has 7 heteroatoms. The summed E-state index contributed by atoms with van der Waals surface area (Å²) in [5.41, 5.74) is 6.63. The lowest BCUT2D eigenvalue weighted by Crippen LogP contribution is -2.48. The summed E-state index contributed by atoms with van der Waals surface area (Å²) >= 11 is 0. The zero-order valence-corrected chi connectivity index (χ0v) is 17.5. The number of hydrogen-bond donors (Lipinski definition) is 1. The highest BCUT2D eigenvalue weighted by molar-refractivity contribution is 5.94. The van der Waals surface area contributed by atoms with Crippen molar-refractivity contribution in [2.45, 2.75) is 33.9 Å². The number of alkyl halides is 3. The molecule has 1 aliphatic rings. The van der Waals surface area contributed by atoms with E-state index in [0.29, 0.717) is 43.1 Å². The maximum absolute atomic E-state index is 12.8. The second-order valence-electron chi connectivity index (χ2n) is 5.95. The first-order valence-corrected chi connectivity index (χ1v) is 9.91. The van der Waals surface area contributed by atoms with Gasteiger partial charge in [0.2, 0.25) is 0 Å². The van der Waals surface area contributed by atoms with Gasteiger partial charge in [-0.3, -0.25) is 4.79 Å². The Kier molecular flexibility index (Phi) is 9.51. The third-order valence-electron chi connectivity index (χ3n) is 4.26. The fraction of sp³-hybridized carbons (Fsp3) is 0.409. The Balaban J connectivity index is 0.000000989. The van der Waals surface area contributed by atoms with E-state index in [1.165, 1.54) is 6.07 Å². The van der Waals surface area contributed by atoms with Gasteiger partial charge in [-0.15, -0.1) is 0 Å². The zero-order chi connectivity index (χ0) is 22.0. The van der Waals surface area contributed by atoms with Crippen LogP contribution in [-0.2, 0) is 6.18 Å². The Morgan fingerprint density at radius 1 is 0.897 bits per heavy atom. The number of piperazine rings is 1. The Morgan fingerprint density at radius 3 is 1.97 bits per heavy atom. The van der Waals surface area contributed by atoms with Crippen LogP contribution < -0.4 is 10.6 Å². The fourth-order valence-electron chi connectivity index (χ4n) is 2.85. The minimum atomic E-state index is -4.36. The summed E-state index contributed by atoms with van der Waals surface area (Å²) in [6, 6.07) is 12.0. The molecule has 0 unspecified atom stereocenters. The lowest BCUT2D eigenvalue weighted by atomic mass is 10.1. The number of carbonyl (C=O) groups excluding carboxylic acids is 1. The van der Waals surface area contributed by atoms with Crippen molar-refractivity contribution in [3.63, 3.8) is 0 Å². The molecule has 2 aromatic rings. The molecule has 0 bridgehead atoms. The van der Waals surface area contributed by atoms with Crippen LogP contribution in [0.25, 0.3) is 0 Å². The number of nitrogens with zero attached hydrogens (tertiary/aromatic N) is 2. The third kappa shape index (κ3) is 6.69. The van der Waals surface area contributed by atoms with Crippen LogP contribution in [0.3, 0.4) is 0 Å². The van der Waals surface area contributed by atoms with Gasteiger partial charge in [0, 0.05) is 43.1 Å². The van der Waals surface area contributed by atoms with Gasteiger partial charge >= 0.3 is 6.18 Å². The van der Waals surface area contributed by atoms with Crippen LogP contribution in [0.2, 0.25) is 0 Å². The van der Waals surface area contributed by atoms with E-state index in [1.807, 2.05) is 32.6 Å². The molecule has 4 nitrogen and oxygen atoms in total. The van der Waals surface area contributed by atoms with Gasteiger partial charge in [-0.05, 0) is 42.5 Å². The minimum Gasteiger partial charge on any atom is -0.399 e. The molecule has 2 N–H and O–H groups in total. The van der Waals surface area contributed by atoms with Crippen LogP contribution in [0.5, 0.6) is 0 Å². The van der Waals surface area contributed by atoms with Crippen LogP contribution in [0.1, 0.15) is 43.6 Å². The number of carbonyl (C=O) groups is 1. The maximum atomic E-state index is 12.8. The first kappa shape index (κ1) is 24.3. The van der Waals surface area contributed by atoms with Gasteiger partial charge in [-0.2, -0.15) is 13.2 Å². The topological polar surface area (TPSA) is 49.6 Å². The minimum absolute atomic E-state index is 0.0938. The van der Waals surface area contributed by atoms with Crippen LogP contribution in [0.15, 0.2) is 48.5 Å². The molecule has 1 saturated heterocycles. The van der Waals surface area contributed by atoms with Gasteiger partial charge in [0.15, 0.2) is 0 Å². The molecule has 0 aromatic heterocycles. The van der Waals surface area contributed by atoms with Crippen molar-refractivity contribution >= 4 is 17.3 Å². The second-order valence-corrected chi connectivity index (χ2v) is 5.95. The molecule has 1 heterocycles. The van der Waals surface area contributed by atoms with E-state index in [1.54, 1.807) is 35.2 Å². The van der Waals surface area contributed by atoms with Crippen LogP contribution in [0.4, 0.5) is 24.5 Å². The summed E-state index contributed by atoms with van der Waals surface area (Å²) in [6.45, 7) is 9.89. The van der Waals surface area contributed by atoms with Gasteiger partial charge in [0.25, 0.3) is 5.91 Å². The Labute approximate surface area is 171 Å². The van der Waals surface area contributed by atoms with Crippen molar-refractivity contribution in [3.8, 4) is 0 Å². The molecule has 1 amide bonds. The van der Waals surface area contributed by atoms with E-state index < -0.39 is 11.7 Å². The van der Waals surface area contributed by atoms with Gasteiger partial charge < -0.3 is 15.5 Å². The molecule has 0 atom stereocenters. The molecule has 3 rings (SSSR count). The van der Waals surface area contributed by atoms with E-state index in [9.17, 15) is 18.0 Å². The van der Waals surface area contributed by atoms with Crippen molar-refractivity contribution in [1.29, 1.82) is 0 Å². The lowest BCUT2D eigenvalue weighted by Gasteiger charge is -2.36. The zero-order valence-electron chi connectivity index (χ0n) is 17.5. The van der Waals surface area contributed by atoms with Gasteiger partial charge in [-0.1, -0.05) is 33.8 Å². The summed E-state index contributed by atoms with van der Waals surface area (Å²) in [4.78, 5) is 16.0.